The summed E-state index contributed by atoms with van der Waals surface area (Å²) in [6.45, 7) is -1.20. The van der Waals surface area contributed by atoms with Gasteiger partial charge in [0, 0.05) is 17.7 Å². The number of benzene rings is 1. The maximum atomic E-state index is 12.4. The van der Waals surface area contributed by atoms with E-state index in [1.54, 1.807) is 22.7 Å². The number of hydrogen-bond donors (Lipinski definition) is 2. The summed E-state index contributed by atoms with van der Waals surface area (Å²) < 4.78 is 38.8. The number of anilines is 2. The van der Waals surface area contributed by atoms with E-state index in [4.69, 9.17) is 11.6 Å². The van der Waals surface area contributed by atoms with Crippen LogP contribution in [0.25, 0.3) is 11.0 Å². The Morgan fingerprint density at radius 3 is 2.77 bits per heavy atom. The van der Waals surface area contributed by atoms with Crippen molar-refractivity contribution in [3.05, 3.63) is 52.8 Å². The van der Waals surface area contributed by atoms with Crippen LogP contribution in [0.2, 0.25) is 5.15 Å². The van der Waals surface area contributed by atoms with Crippen molar-refractivity contribution in [1.29, 1.82) is 0 Å². The molecular weight excluding hydrogens is 389 g/mol. The zero-order chi connectivity index (χ0) is 18.7. The van der Waals surface area contributed by atoms with Gasteiger partial charge < -0.3 is 10.6 Å². The van der Waals surface area contributed by atoms with Gasteiger partial charge in [0.15, 0.2) is 10.1 Å². The van der Waals surface area contributed by atoms with Crippen LogP contribution in [0.1, 0.15) is 5.69 Å². The van der Waals surface area contributed by atoms with Gasteiger partial charge in [-0.05, 0) is 18.2 Å². The molecule has 0 bridgehead atoms. The molecule has 0 aliphatic rings. The van der Waals surface area contributed by atoms with E-state index >= 15 is 0 Å². The summed E-state index contributed by atoms with van der Waals surface area (Å²) >= 11 is 7.44. The van der Waals surface area contributed by atoms with Gasteiger partial charge in [0.05, 0.1) is 17.1 Å². The van der Waals surface area contributed by atoms with Crippen LogP contribution in [0, 0.1) is 0 Å². The lowest BCUT2D eigenvalue weighted by molar-refractivity contribution is -0.115. The minimum Gasteiger partial charge on any atom is -0.375 e. The highest BCUT2D eigenvalue weighted by Crippen LogP contribution is 2.24. The predicted octanol–water partition coefficient (Wildman–Crippen LogP) is 4.68. The monoisotopic (exact) mass is 400 g/mol. The summed E-state index contributed by atoms with van der Waals surface area (Å²) in [7, 11) is 0. The van der Waals surface area contributed by atoms with Crippen molar-refractivity contribution in [1.82, 2.24) is 9.38 Å². The van der Waals surface area contributed by atoms with Gasteiger partial charge in [0.25, 0.3) is 0 Å². The largest absolute Gasteiger partial charge is 0.405 e. The molecule has 3 aromatic rings. The van der Waals surface area contributed by atoms with E-state index in [-0.39, 0.29) is 16.5 Å². The first-order valence-corrected chi connectivity index (χ1v) is 8.59. The number of carbonyl (C=O) groups is 1. The van der Waals surface area contributed by atoms with Gasteiger partial charge in [0.1, 0.15) is 6.54 Å². The minimum atomic E-state index is -4.36. The van der Waals surface area contributed by atoms with E-state index in [0.29, 0.717) is 10.7 Å². The molecule has 136 valence electrons. The zero-order valence-electron chi connectivity index (χ0n) is 13.0. The summed E-state index contributed by atoms with van der Waals surface area (Å²) in [5.74, 6) is -0.507. The molecule has 2 aromatic heterocycles. The number of aromatic nitrogens is 2. The van der Waals surface area contributed by atoms with E-state index in [2.05, 4.69) is 15.6 Å². The Kier molecular flexibility index (Phi) is 5.19. The van der Waals surface area contributed by atoms with Crippen molar-refractivity contribution in [2.75, 3.05) is 17.2 Å². The van der Waals surface area contributed by atoms with Gasteiger partial charge >= 0.3 is 6.18 Å². The maximum absolute atomic E-state index is 12.4. The molecule has 0 saturated heterocycles. The van der Waals surface area contributed by atoms with Crippen LogP contribution in [-0.4, -0.2) is 28.0 Å². The second kappa shape index (κ2) is 7.38. The number of amides is 1. The van der Waals surface area contributed by atoms with Crippen molar-refractivity contribution < 1.29 is 18.0 Å². The smallest absolute Gasteiger partial charge is 0.375 e. The molecular formula is C16H12ClF3N4OS. The second-order valence-corrected chi connectivity index (χ2v) is 6.41. The lowest BCUT2D eigenvalue weighted by Crippen LogP contribution is -2.22. The average Bonchev–Trinajstić information content (AvgIpc) is 3.12. The molecule has 1 aromatic carbocycles. The van der Waals surface area contributed by atoms with Crippen molar-refractivity contribution in [2.24, 2.45) is 0 Å². The number of carbonyl (C=O) groups excluding carboxylic acids is 1. The Morgan fingerprint density at radius 2 is 2.04 bits per heavy atom. The van der Waals surface area contributed by atoms with Gasteiger partial charge in [-0.15, -0.1) is 11.3 Å². The highest BCUT2D eigenvalue weighted by atomic mass is 35.5. The van der Waals surface area contributed by atoms with Gasteiger partial charge in [-0.1, -0.05) is 23.7 Å². The summed E-state index contributed by atoms with van der Waals surface area (Å²) in [5, 5.41) is 6.89. The van der Waals surface area contributed by atoms with Crippen LogP contribution in [0.3, 0.4) is 0 Å². The molecule has 1 amide bonds. The SMILES string of the molecule is O=C(/C=C/c1c(Cl)nc2sccn12)Nc1ccccc1NCC(F)(F)F. The van der Waals surface area contributed by atoms with Crippen molar-refractivity contribution in [3.8, 4) is 0 Å². The molecule has 2 heterocycles. The first-order valence-electron chi connectivity index (χ1n) is 7.33. The van der Waals surface area contributed by atoms with Crippen molar-refractivity contribution >= 4 is 51.3 Å². The second-order valence-electron chi connectivity index (χ2n) is 5.18. The van der Waals surface area contributed by atoms with E-state index in [9.17, 15) is 18.0 Å². The summed E-state index contributed by atoms with van der Waals surface area (Å²) in [4.78, 5) is 17.0. The van der Waals surface area contributed by atoms with Gasteiger partial charge in [0.2, 0.25) is 5.91 Å². The molecule has 0 saturated carbocycles. The number of imidazole rings is 1. The zero-order valence-corrected chi connectivity index (χ0v) is 14.6. The Morgan fingerprint density at radius 1 is 1.31 bits per heavy atom. The van der Waals surface area contributed by atoms with Gasteiger partial charge in [-0.3, -0.25) is 9.20 Å². The number of rotatable bonds is 5. The number of fused-ring (bicyclic) bond motifs is 1. The lowest BCUT2D eigenvalue weighted by Gasteiger charge is -2.13. The summed E-state index contributed by atoms with van der Waals surface area (Å²) in [5.41, 5.74) is 0.960. The Balaban J connectivity index is 1.72. The number of para-hydroxylation sites is 2. The number of alkyl halides is 3. The highest BCUT2D eigenvalue weighted by molar-refractivity contribution is 7.15. The Hall–Kier alpha value is -2.52. The lowest BCUT2D eigenvalue weighted by atomic mass is 10.2. The maximum Gasteiger partial charge on any atom is 0.405 e. The number of hydrogen-bond acceptors (Lipinski definition) is 4. The molecule has 0 aliphatic heterocycles. The number of halogens is 4. The van der Waals surface area contributed by atoms with Gasteiger partial charge in [-0.25, -0.2) is 4.98 Å². The molecule has 10 heteroatoms. The Labute approximate surface area is 155 Å². The number of thiazole rings is 1. The highest BCUT2D eigenvalue weighted by Gasteiger charge is 2.27. The number of nitrogens with zero attached hydrogens (tertiary/aromatic N) is 2. The summed E-state index contributed by atoms with van der Waals surface area (Å²) in [6, 6.07) is 6.14. The summed E-state index contributed by atoms with van der Waals surface area (Å²) in [6.07, 6.45) is 0.151. The van der Waals surface area contributed by atoms with Crippen LogP contribution >= 0.6 is 22.9 Å². The molecule has 0 radical (unpaired) electrons. The third kappa shape index (κ3) is 4.36. The normalized spacial score (nSPS) is 12.0. The molecule has 0 spiro atoms. The Bertz CT molecular complexity index is 964. The first kappa shape index (κ1) is 18.3. The average molecular weight is 401 g/mol. The predicted molar refractivity (Wildman–Crippen MR) is 96.7 cm³/mol. The molecule has 5 nitrogen and oxygen atoms in total. The fourth-order valence-corrected chi connectivity index (χ4v) is 3.20. The van der Waals surface area contributed by atoms with Crippen LogP contribution in [0.5, 0.6) is 0 Å². The van der Waals surface area contributed by atoms with E-state index in [1.165, 1.54) is 35.6 Å². The van der Waals surface area contributed by atoms with Crippen LogP contribution in [-0.2, 0) is 4.79 Å². The topological polar surface area (TPSA) is 58.4 Å². The molecule has 0 atom stereocenters. The standard InChI is InChI=1S/C16H12ClF3N4OS/c17-14-12(24-7-8-26-15(24)23-14)5-6-13(25)22-11-4-2-1-3-10(11)21-9-16(18,19)20/h1-8,21H,9H2,(H,22,25)/b6-5+. The number of nitrogens with one attached hydrogen (secondary N) is 2. The molecule has 0 fully saturated rings. The fraction of sp³-hybridized carbons (Fsp3) is 0.125. The molecule has 0 unspecified atom stereocenters. The quantitative estimate of drug-likeness (QED) is 0.611. The van der Waals surface area contributed by atoms with E-state index < -0.39 is 18.6 Å². The van der Waals surface area contributed by atoms with Crippen molar-refractivity contribution in [2.45, 2.75) is 6.18 Å². The van der Waals surface area contributed by atoms with E-state index in [1.807, 2.05) is 5.38 Å². The van der Waals surface area contributed by atoms with Crippen LogP contribution in [0.4, 0.5) is 24.5 Å². The van der Waals surface area contributed by atoms with Crippen molar-refractivity contribution in [3.63, 3.8) is 0 Å². The van der Waals surface area contributed by atoms with Gasteiger partial charge in [-0.2, -0.15) is 13.2 Å². The fourth-order valence-electron chi connectivity index (χ4n) is 2.20. The molecule has 0 aliphatic carbocycles. The third-order valence-electron chi connectivity index (χ3n) is 3.31. The minimum absolute atomic E-state index is 0.175. The van der Waals surface area contributed by atoms with Crippen LogP contribution in [0.15, 0.2) is 41.9 Å². The third-order valence-corrected chi connectivity index (χ3v) is 4.35. The first-order chi connectivity index (χ1) is 12.3. The van der Waals surface area contributed by atoms with Crippen LogP contribution < -0.4 is 10.6 Å². The molecule has 3 rings (SSSR count). The molecule has 26 heavy (non-hydrogen) atoms. The van der Waals surface area contributed by atoms with E-state index in [0.717, 1.165) is 0 Å². The molecule has 2 N–H and O–H groups in total.